The van der Waals surface area contributed by atoms with Crippen molar-refractivity contribution in [2.24, 2.45) is 0 Å². The zero-order chi connectivity index (χ0) is 24.5. The van der Waals surface area contributed by atoms with Gasteiger partial charge in [-0.2, -0.15) is 0 Å². The van der Waals surface area contributed by atoms with Gasteiger partial charge in [-0.25, -0.2) is 8.42 Å². The molecule has 0 bridgehead atoms. The number of allylic oxidation sites excluding steroid dienone is 1. The third kappa shape index (κ3) is 4.84. The number of hydrogen-bond donors (Lipinski definition) is 2. The van der Waals surface area contributed by atoms with Gasteiger partial charge >= 0.3 is 0 Å². The Labute approximate surface area is 200 Å². The molecule has 0 unspecified atom stereocenters. The van der Waals surface area contributed by atoms with E-state index in [1.54, 1.807) is 21.3 Å². The van der Waals surface area contributed by atoms with E-state index in [4.69, 9.17) is 14.2 Å². The highest BCUT2D eigenvalue weighted by molar-refractivity contribution is 7.89. The van der Waals surface area contributed by atoms with E-state index < -0.39 is 9.84 Å². The SMILES string of the molecule is COc1cc(Nc2ccc(CS(C)(=O)=O)cc2C2=CN(C)C=C3NCC=C32)cc(OC)c1OC. The van der Waals surface area contributed by atoms with Crippen molar-refractivity contribution >= 4 is 26.8 Å². The van der Waals surface area contributed by atoms with E-state index in [-0.39, 0.29) is 5.75 Å². The van der Waals surface area contributed by atoms with Crippen LogP contribution in [0.5, 0.6) is 17.2 Å². The summed E-state index contributed by atoms with van der Waals surface area (Å²) in [6.45, 7) is 0.741. The number of anilines is 2. The van der Waals surface area contributed by atoms with Gasteiger partial charge in [0, 0.05) is 72.5 Å². The molecule has 2 aliphatic rings. The molecule has 2 heterocycles. The number of fused-ring (bicyclic) bond motifs is 1. The standard InChI is InChI=1S/C25H29N3O5S/c1-28-13-20(18-8-9-26-22(18)14-28)19-10-16(15-34(5,29)30)6-7-21(19)27-17-11-23(31-2)25(33-4)24(12-17)32-3/h6-8,10-14,26-27H,9,15H2,1-5H3. The highest BCUT2D eigenvalue weighted by atomic mass is 32.2. The van der Waals surface area contributed by atoms with Crippen LogP contribution in [-0.2, 0) is 15.6 Å². The zero-order valence-electron chi connectivity index (χ0n) is 19.9. The maximum Gasteiger partial charge on any atom is 0.203 e. The molecule has 0 spiro atoms. The van der Waals surface area contributed by atoms with E-state index >= 15 is 0 Å². The molecule has 0 saturated heterocycles. The lowest BCUT2D eigenvalue weighted by Crippen LogP contribution is -2.17. The van der Waals surface area contributed by atoms with Crippen molar-refractivity contribution in [1.82, 2.24) is 10.2 Å². The Morgan fingerprint density at radius 2 is 1.71 bits per heavy atom. The van der Waals surface area contributed by atoms with Gasteiger partial charge in [0.15, 0.2) is 21.3 Å². The van der Waals surface area contributed by atoms with Crippen molar-refractivity contribution < 1.29 is 22.6 Å². The van der Waals surface area contributed by atoms with Gasteiger partial charge < -0.3 is 29.7 Å². The van der Waals surface area contributed by atoms with Gasteiger partial charge in [-0.1, -0.05) is 12.1 Å². The first kappa shape index (κ1) is 23.6. The number of rotatable bonds is 8. The molecule has 34 heavy (non-hydrogen) atoms. The average molecular weight is 484 g/mol. The second-order valence-electron chi connectivity index (χ2n) is 8.24. The Balaban J connectivity index is 1.82. The number of benzene rings is 2. The van der Waals surface area contributed by atoms with E-state index in [9.17, 15) is 8.42 Å². The van der Waals surface area contributed by atoms with Gasteiger partial charge in [-0.05, 0) is 17.7 Å². The fraction of sp³-hybridized carbons (Fsp3) is 0.280. The van der Waals surface area contributed by atoms with Crippen LogP contribution in [0.15, 0.2) is 60.1 Å². The lowest BCUT2D eigenvalue weighted by atomic mass is 9.93. The molecule has 4 rings (SSSR count). The van der Waals surface area contributed by atoms with Crippen LogP contribution < -0.4 is 24.8 Å². The Bertz CT molecular complexity index is 1290. The van der Waals surface area contributed by atoms with Crippen LogP contribution in [0, 0.1) is 0 Å². The molecule has 2 aliphatic heterocycles. The first-order valence-electron chi connectivity index (χ1n) is 10.7. The van der Waals surface area contributed by atoms with Gasteiger partial charge in [0.05, 0.1) is 32.8 Å². The number of sulfone groups is 1. The van der Waals surface area contributed by atoms with Gasteiger partial charge in [0.1, 0.15) is 0 Å². The predicted molar refractivity (Wildman–Crippen MR) is 134 cm³/mol. The summed E-state index contributed by atoms with van der Waals surface area (Å²) < 4.78 is 40.4. The molecule has 0 radical (unpaired) electrons. The topological polar surface area (TPSA) is 89.1 Å². The van der Waals surface area contributed by atoms with Crippen molar-refractivity contribution in [3.8, 4) is 17.2 Å². The molecular formula is C25H29N3O5S. The van der Waals surface area contributed by atoms with Gasteiger partial charge in [0.25, 0.3) is 0 Å². The fourth-order valence-electron chi connectivity index (χ4n) is 4.19. The number of methoxy groups -OCH3 is 3. The van der Waals surface area contributed by atoms with Crippen LogP contribution in [0.2, 0.25) is 0 Å². The second kappa shape index (κ2) is 9.34. The molecule has 9 heteroatoms. The smallest absolute Gasteiger partial charge is 0.203 e. The Hall–Kier alpha value is -3.59. The third-order valence-corrected chi connectivity index (χ3v) is 6.45. The Kier molecular flexibility index (Phi) is 6.47. The maximum atomic E-state index is 12.0. The monoisotopic (exact) mass is 483 g/mol. The molecule has 0 fully saturated rings. The molecule has 0 aromatic heterocycles. The van der Waals surface area contributed by atoms with E-state index in [0.717, 1.165) is 45.9 Å². The molecule has 0 amide bonds. The Morgan fingerprint density at radius 1 is 1.00 bits per heavy atom. The molecule has 0 atom stereocenters. The van der Waals surface area contributed by atoms with Crippen LogP contribution in [0.1, 0.15) is 11.1 Å². The quantitative estimate of drug-likeness (QED) is 0.588. The minimum absolute atomic E-state index is 0.0342. The predicted octanol–water partition coefficient (Wildman–Crippen LogP) is 3.66. The molecular weight excluding hydrogens is 454 g/mol. The van der Waals surface area contributed by atoms with Crippen molar-refractivity contribution in [2.45, 2.75) is 5.75 Å². The summed E-state index contributed by atoms with van der Waals surface area (Å²) >= 11 is 0. The first-order chi connectivity index (χ1) is 16.2. The van der Waals surface area contributed by atoms with E-state index in [1.807, 2.05) is 54.7 Å². The molecule has 180 valence electrons. The van der Waals surface area contributed by atoms with Gasteiger partial charge in [0.2, 0.25) is 5.75 Å². The summed E-state index contributed by atoms with van der Waals surface area (Å²) in [5.74, 6) is 1.54. The van der Waals surface area contributed by atoms with E-state index in [0.29, 0.717) is 17.2 Å². The van der Waals surface area contributed by atoms with Gasteiger partial charge in [-0.3, -0.25) is 0 Å². The van der Waals surface area contributed by atoms with Crippen LogP contribution in [0.25, 0.3) is 5.57 Å². The van der Waals surface area contributed by atoms with Gasteiger partial charge in [-0.15, -0.1) is 0 Å². The largest absolute Gasteiger partial charge is 0.493 e. The normalized spacial score (nSPS) is 15.0. The van der Waals surface area contributed by atoms with Crippen molar-refractivity contribution in [1.29, 1.82) is 0 Å². The number of nitrogens with one attached hydrogen (secondary N) is 2. The Morgan fingerprint density at radius 3 is 2.32 bits per heavy atom. The first-order valence-corrected chi connectivity index (χ1v) is 12.8. The third-order valence-electron chi connectivity index (χ3n) is 5.59. The summed E-state index contributed by atoms with van der Waals surface area (Å²) in [7, 11) is 3.49. The van der Waals surface area contributed by atoms with E-state index in [1.165, 1.54) is 6.26 Å². The molecule has 8 nitrogen and oxygen atoms in total. The molecule has 2 aromatic carbocycles. The summed E-state index contributed by atoms with van der Waals surface area (Å²) in [5.41, 5.74) is 6.29. The summed E-state index contributed by atoms with van der Waals surface area (Å²) in [6, 6.07) is 9.33. The fourth-order valence-corrected chi connectivity index (χ4v) is 4.98. The summed E-state index contributed by atoms with van der Waals surface area (Å²) in [6.07, 6.45) is 7.46. The number of hydrogen-bond acceptors (Lipinski definition) is 8. The summed E-state index contributed by atoms with van der Waals surface area (Å²) in [5, 5.41) is 6.84. The highest BCUT2D eigenvalue weighted by Crippen LogP contribution is 2.43. The van der Waals surface area contributed by atoms with Crippen LogP contribution >= 0.6 is 0 Å². The van der Waals surface area contributed by atoms with E-state index in [2.05, 4.69) is 16.7 Å². The molecule has 2 N–H and O–H groups in total. The maximum absolute atomic E-state index is 12.0. The molecule has 2 aromatic rings. The van der Waals surface area contributed by atoms with Crippen LogP contribution in [-0.4, -0.2) is 54.5 Å². The molecule has 0 aliphatic carbocycles. The van der Waals surface area contributed by atoms with Crippen LogP contribution in [0.3, 0.4) is 0 Å². The summed E-state index contributed by atoms with van der Waals surface area (Å²) in [4.78, 5) is 1.99. The van der Waals surface area contributed by atoms with Crippen molar-refractivity contribution in [3.05, 3.63) is 71.2 Å². The van der Waals surface area contributed by atoms with Crippen LogP contribution in [0.4, 0.5) is 11.4 Å². The second-order valence-corrected chi connectivity index (χ2v) is 10.4. The zero-order valence-corrected chi connectivity index (χ0v) is 20.7. The minimum atomic E-state index is -3.19. The highest BCUT2D eigenvalue weighted by Gasteiger charge is 2.24. The average Bonchev–Trinajstić information content (AvgIpc) is 3.26. The molecule has 0 saturated carbocycles. The van der Waals surface area contributed by atoms with Crippen molar-refractivity contribution in [3.63, 3.8) is 0 Å². The van der Waals surface area contributed by atoms with Crippen molar-refractivity contribution in [2.75, 3.05) is 46.5 Å². The number of nitrogens with zero attached hydrogens (tertiary/aromatic N) is 1. The minimum Gasteiger partial charge on any atom is -0.493 e. The number of ether oxygens (including phenoxy) is 3. The lowest BCUT2D eigenvalue weighted by Gasteiger charge is -2.25. The lowest BCUT2D eigenvalue weighted by molar-refractivity contribution is 0.324.